The first-order valence-corrected chi connectivity index (χ1v) is 6.30. The highest BCUT2D eigenvalue weighted by Crippen LogP contribution is 2.41. The van der Waals surface area contributed by atoms with Crippen molar-refractivity contribution in [1.82, 2.24) is 10.5 Å². The predicted octanol–water partition coefficient (Wildman–Crippen LogP) is 2.83. The largest absolute Gasteiger partial charge is 0.492 e. The summed E-state index contributed by atoms with van der Waals surface area (Å²) in [6, 6.07) is 3.37. The summed E-state index contributed by atoms with van der Waals surface area (Å²) in [6.07, 6.45) is -1.44. The van der Waals surface area contributed by atoms with Crippen molar-refractivity contribution in [2.24, 2.45) is 0 Å². The van der Waals surface area contributed by atoms with Crippen molar-refractivity contribution in [2.75, 3.05) is 0 Å². The van der Waals surface area contributed by atoms with Crippen LogP contribution in [0.15, 0.2) is 22.9 Å². The van der Waals surface area contributed by atoms with Crippen LogP contribution in [0.4, 0.5) is 13.2 Å². The third kappa shape index (κ3) is 3.06. The van der Waals surface area contributed by atoms with Crippen molar-refractivity contribution < 1.29 is 22.8 Å². The van der Waals surface area contributed by atoms with E-state index in [-0.39, 0.29) is 0 Å². The van der Waals surface area contributed by atoms with Gasteiger partial charge in [-0.25, -0.2) is 9.78 Å². The second-order valence-electron chi connectivity index (χ2n) is 4.29. The maximum Gasteiger partial charge on any atom is 0.492 e. The SMILES string of the molecule is O=C(ONC1(c2ccnc(Br)c2)CCC1)C(F)(F)F. The van der Waals surface area contributed by atoms with Gasteiger partial charge in [0.25, 0.3) is 0 Å². The van der Waals surface area contributed by atoms with E-state index in [9.17, 15) is 18.0 Å². The lowest BCUT2D eigenvalue weighted by atomic mass is 9.73. The summed E-state index contributed by atoms with van der Waals surface area (Å²) >= 11 is 3.19. The average molecular weight is 339 g/mol. The van der Waals surface area contributed by atoms with Crippen LogP contribution in [-0.4, -0.2) is 17.1 Å². The Hall–Kier alpha value is -1.15. The van der Waals surface area contributed by atoms with Gasteiger partial charge in [-0.3, -0.25) is 0 Å². The van der Waals surface area contributed by atoms with E-state index in [1.165, 1.54) is 6.20 Å². The standard InChI is InChI=1S/C11H10BrF3N2O2/c12-8-6-7(2-5-16-8)10(3-1-4-10)17-19-9(18)11(13,14)15/h2,5-6,17H,1,3-4H2. The molecule has 1 aliphatic rings. The van der Waals surface area contributed by atoms with Crippen LogP contribution >= 0.6 is 15.9 Å². The van der Waals surface area contributed by atoms with E-state index < -0.39 is 17.7 Å². The van der Waals surface area contributed by atoms with Crippen molar-refractivity contribution in [3.05, 3.63) is 28.5 Å². The van der Waals surface area contributed by atoms with E-state index in [1.54, 1.807) is 12.1 Å². The molecule has 0 radical (unpaired) electrons. The van der Waals surface area contributed by atoms with E-state index in [0.29, 0.717) is 17.4 Å². The molecule has 2 rings (SSSR count). The molecule has 0 saturated heterocycles. The van der Waals surface area contributed by atoms with Gasteiger partial charge in [0.2, 0.25) is 0 Å². The number of halogens is 4. The number of carbonyl (C=O) groups is 1. The molecule has 1 saturated carbocycles. The topological polar surface area (TPSA) is 51.2 Å². The van der Waals surface area contributed by atoms with Crippen LogP contribution in [0.3, 0.4) is 0 Å². The highest BCUT2D eigenvalue weighted by atomic mass is 79.9. The number of alkyl halides is 3. The zero-order valence-corrected chi connectivity index (χ0v) is 11.2. The fraction of sp³-hybridized carbons (Fsp3) is 0.455. The van der Waals surface area contributed by atoms with Crippen molar-refractivity contribution >= 4 is 21.9 Å². The van der Waals surface area contributed by atoms with Crippen LogP contribution in [0, 0.1) is 0 Å². The molecule has 4 nitrogen and oxygen atoms in total. The molecule has 1 N–H and O–H groups in total. The Bertz CT molecular complexity index is 489. The lowest BCUT2D eigenvalue weighted by Crippen LogP contribution is -2.50. The number of hydrogen-bond donors (Lipinski definition) is 1. The van der Waals surface area contributed by atoms with Gasteiger partial charge in [-0.05, 0) is 52.9 Å². The summed E-state index contributed by atoms with van der Waals surface area (Å²) < 4.78 is 36.8. The number of hydrogen-bond acceptors (Lipinski definition) is 4. The van der Waals surface area contributed by atoms with Crippen molar-refractivity contribution in [3.63, 3.8) is 0 Å². The average Bonchev–Trinajstić information content (AvgIpc) is 2.26. The fourth-order valence-electron chi connectivity index (χ4n) is 1.88. The number of hydroxylamine groups is 1. The molecule has 1 aliphatic carbocycles. The fourth-order valence-corrected chi connectivity index (χ4v) is 2.25. The van der Waals surface area contributed by atoms with Gasteiger partial charge in [-0.2, -0.15) is 13.2 Å². The van der Waals surface area contributed by atoms with E-state index in [2.05, 4.69) is 31.2 Å². The van der Waals surface area contributed by atoms with Crippen molar-refractivity contribution in [3.8, 4) is 0 Å². The van der Waals surface area contributed by atoms with Crippen LogP contribution in [0.2, 0.25) is 0 Å². The number of pyridine rings is 1. The normalized spacial score (nSPS) is 17.7. The van der Waals surface area contributed by atoms with Crippen LogP contribution in [0.5, 0.6) is 0 Å². The van der Waals surface area contributed by atoms with Crippen LogP contribution < -0.4 is 5.48 Å². The second kappa shape index (κ2) is 5.09. The number of aromatic nitrogens is 1. The summed E-state index contributed by atoms with van der Waals surface area (Å²) in [4.78, 5) is 18.8. The summed E-state index contributed by atoms with van der Waals surface area (Å²) in [6.45, 7) is 0. The summed E-state index contributed by atoms with van der Waals surface area (Å²) in [7, 11) is 0. The van der Waals surface area contributed by atoms with Gasteiger partial charge in [-0.15, -0.1) is 5.48 Å². The first-order valence-electron chi connectivity index (χ1n) is 5.51. The molecule has 1 heterocycles. The highest BCUT2D eigenvalue weighted by molar-refractivity contribution is 9.10. The molecular formula is C11H10BrF3N2O2. The monoisotopic (exact) mass is 338 g/mol. The van der Waals surface area contributed by atoms with Crippen LogP contribution in [0.1, 0.15) is 24.8 Å². The van der Waals surface area contributed by atoms with E-state index in [4.69, 9.17) is 0 Å². The lowest BCUT2D eigenvalue weighted by molar-refractivity contribution is -0.213. The Morgan fingerprint density at radius 1 is 1.47 bits per heavy atom. The molecule has 0 atom stereocenters. The van der Waals surface area contributed by atoms with Gasteiger partial charge < -0.3 is 4.84 Å². The smallest absolute Gasteiger partial charge is 0.363 e. The molecule has 104 valence electrons. The quantitative estimate of drug-likeness (QED) is 0.680. The zero-order valence-electron chi connectivity index (χ0n) is 9.63. The Morgan fingerprint density at radius 2 is 2.16 bits per heavy atom. The minimum Gasteiger partial charge on any atom is -0.363 e. The van der Waals surface area contributed by atoms with Crippen molar-refractivity contribution in [1.29, 1.82) is 0 Å². The third-order valence-electron chi connectivity index (χ3n) is 3.06. The number of nitrogens with zero attached hydrogens (tertiary/aromatic N) is 1. The van der Waals surface area contributed by atoms with Gasteiger partial charge in [-0.1, -0.05) is 0 Å². The van der Waals surface area contributed by atoms with Gasteiger partial charge in [0, 0.05) is 6.20 Å². The first-order chi connectivity index (χ1) is 8.83. The Labute approximate surface area is 115 Å². The molecule has 0 spiro atoms. The summed E-state index contributed by atoms with van der Waals surface area (Å²) in [5, 5.41) is 0. The molecule has 8 heteroatoms. The number of nitrogens with one attached hydrogen (secondary N) is 1. The predicted molar refractivity (Wildman–Crippen MR) is 62.7 cm³/mol. The Balaban J connectivity index is 2.10. The minimum atomic E-state index is -5.00. The molecule has 0 amide bonds. The van der Waals surface area contributed by atoms with Crippen LogP contribution in [0.25, 0.3) is 0 Å². The van der Waals surface area contributed by atoms with Crippen molar-refractivity contribution in [2.45, 2.75) is 31.0 Å². The molecular weight excluding hydrogens is 329 g/mol. The molecule has 1 fully saturated rings. The number of rotatable bonds is 3. The molecule has 0 unspecified atom stereocenters. The number of carbonyl (C=O) groups excluding carboxylic acids is 1. The molecule has 1 aromatic rings. The Kier molecular flexibility index (Phi) is 3.82. The van der Waals surface area contributed by atoms with E-state index >= 15 is 0 Å². The Morgan fingerprint density at radius 3 is 2.63 bits per heavy atom. The third-order valence-corrected chi connectivity index (χ3v) is 3.49. The second-order valence-corrected chi connectivity index (χ2v) is 5.10. The van der Waals surface area contributed by atoms with Gasteiger partial charge in [0.15, 0.2) is 0 Å². The molecule has 0 bridgehead atoms. The van der Waals surface area contributed by atoms with Gasteiger partial charge in [0.1, 0.15) is 4.60 Å². The lowest BCUT2D eigenvalue weighted by Gasteiger charge is -2.41. The maximum atomic E-state index is 12.1. The summed E-state index contributed by atoms with van der Waals surface area (Å²) in [5.74, 6) is -2.24. The summed E-state index contributed by atoms with van der Waals surface area (Å²) in [5.41, 5.74) is 2.24. The van der Waals surface area contributed by atoms with Gasteiger partial charge in [0.05, 0.1) is 5.54 Å². The van der Waals surface area contributed by atoms with Crippen LogP contribution in [-0.2, 0) is 15.2 Å². The van der Waals surface area contributed by atoms with E-state index in [0.717, 1.165) is 12.0 Å². The highest BCUT2D eigenvalue weighted by Gasteiger charge is 2.45. The maximum absolute atomic E-state index is 12.1. The molecule has 0 aliphatic heterocycles. The first kappa shape index (κ1) is 14.3. The molecule has 0 aromatic carbocycles. The zero-order chi connectivity index (χ0) is 14.1. The minimum absolute atomic E-state index is 0.570. The van der Waals surface area contributed by atoms with E-state index in [1.807, 2.05) is 0 Å². The molecule has 1 aromatic heterocycles. The van der Waals surface area contributed by atoms with Gasteiger partial charge >= 0.3 is 12.1 Å². The molecule has 19 heavy (non-hydrogen) atoms.